The largest absolute Gasteiger partial charge is 0.494 e. The predicted molar refractivity (Wildman–Crippen MR) is 84.2 cm³/mol. The lowest BCUT2D eigenvalue weighted by Crippen LogP contribution is -2.23. The van der Waals surface area contributed by atoms with Crippen molar-refractivity contribution < 1.29 is 9.47 Å². The molecule has 1 aromatic rings. The highest BCUT2D eigenvalue weighted by molar-refractivity contribution is 5.27. The molecule has 0 saturated carbocycles. The van der Waals surface area contributed by atoms with Crippen LogP contribution in [0.5, 0.6) is 5.75 Å². The Morgan fingerprint density at radius 1 is 1.05 bits per heavy atom. The molecule has 3 heteroatoms. The van der Waals surface area contributed by atoms with Crippen LogP contribution in [-0.4, -0.2) is 26.9 Å². The van der Waals surface area contributed by atoms with Crippen molar-refractivity contribution in [2.24, 2.45) is 11.1 Å². The molecule has 0 radical (unpaired) electrons. The molecule has 2 N–H and O–H groups in total. The van der Waals surface area contributed by atoms with Crippen molar-refractivity contribution in [2.75, 3.05) is 26.9 Å². The van der Waals surface area contributed by atoms with E-state index >= 15 is 0 Å². The van der Waals surface area contributed by atoms with E-state index in [0.717, 1.165) is 51.2 Å². The van der Waals surface area contributed by atoms with Crippen LogP contribution in [0.4, 0.5) is 0 Å². The zero-order chi connectivity index (χ0) is 14.8. The second-order valence-electron chi connectivity index (χ2n) is 6.06. The van der Waals surface area contributed by atoms with E-state index in [9.17, 15) is 0 Å². The molecule has 0 amide bonds. The highest BCUT2D eigenvalue weighted by atomic mass is 16.5. The van der Waals surface area contributed by atoms with Gasteiger partial charge in [-0.05, 0) is 55.3 Å². The van der Waals surface area contributed by atoms with Crippen LogP contribution in [0.1, 0.15) is 38.7 Å². The lowest BCUT2D eigenvalue weighted by Gasteiger charge is -2.21. The Morgan fingerprint density at radius 3 is 2.35 bits per heavy atom. The Labute approximate surface area is 123 Å². The number of hydrogen-bond acceptors (Lipinski definition) is 3. The normalized spacial score (nSPS) is 11.6. The molecule has 0 aromatic heterocycles. The van der Waals surface area contributed by atoms with Gasteiger partial charge >= 0.3 is 0 Å². The van der Waals surface area contributed by atoms with Gasteiger partial charge in [-0.15, -0.1) is 0 Å². The van der Waals surface area contributed by atoms with Gasteiger partial charge < -0.3 is 15.2 Å². The first-order chi connectivity index (χ1) is 9.57. The minimum atomic E-state index is 0.253. The first-order valence-corrected chi connectivity index (χ1v) is 7.48. The van der Waals surface area contributed by atoms with Crippen LogP contribution in [0.15, 0.2) is 24.3 Å². The van der Waals surface area contributed by atoms with Gasteiger partial charge in [0.2, 0.25) is 0 Å². The molecular formula is C17H29NO2. The van der Waals surface area contributed by atoms with E-state index in [1.54, 1.807) is 7.11 Å². The Balaban J connectivity index is 2.19. The van der Waals surface area contributed by atoms with Crippen molar-refractivity contribution in [3.05, 3.63) is 29.8 Å². The lowest BCUT2D eigenvalue weighted by atomic mass is 9.87. The van der Waals surface area contributed by atoms with Gasteiger partial charge in [-0.25, -0.2) is 0 Å². The van der Waals surface area contributed by atoms with Gasteiger partial charge in [0.25, 0.3) is 0 Å². The fourth-order valence-corrected chi connectivity index (χ4v) is 1.97. The predicted octanol–water partition coefficient (Wildman–Crippen LogP) is 3.41. The van der Waals surface area contributed by atoms with Gasteiger partial charge in [-0.2, -0.15) is 0 Å². The van der Waals surface area contributed by atoms with E-state index in [-0.39, 0.29) is 5.41 Å². The maximum atomic E-state index is 5.75. The molecule has 0 atom stereocenters. The number of rotatable bonds is 10. The van der Waals surface area contributed by atoms with Gasteiger partial charge in [0.15, 0.2) is 0 Å². The molecule has 0 fully saturated rings. The second kappa shape index (κ2) is 8.98. The zero-order valence-corrected chi connectivity index (χ0v) is 13.2. The van der Waals surface area contributed by atoms with E-state index < -0.39 is 0 Å². The minimum Gasteiger partial charge on any atom is -0.494 e. The Hall–Kier alpha value is -1.06. The number of ether oxygens (including phenoxy) is 2. The molecule has 0 aliphatic carbocycles. The molecule has 0 spiro atoms. The average molecular weight is 279 g/mol. The highest BCUT2D eigenvalue weighted by Gasteiger charge is 2.14. The van der Waals surface area contributed by atoms with Crippen LogP contribution >= 0.6 is 0 Å². The molecule has 0 unspecified atom stereocenters. The summed E-state index contributed by atoms with van der Waals surface area (Å²) in [7, 11) is 1.73. The van der Waals surface area contributed by atoms with Crippen molar-refractivity contribution in [3.63, 3.8) is 0 Å². The smallest absolute Gasteiger partial charge is 0.119 e. The van der Waals surface area contributed by atoms with Crippen LogP contribution < -0.4 is 10.5 Å². The summed E-state index contributed by atoms with van der Waals surface area (Å²) in [4.78, 5) is 0. The van der Waals surface area contributed by atoms with Crippen molar-refractivity contribution >= 4 is 0 Å². The second-order valence-corrected chi connectivity index (χ2v) is 6.06. The molecular weight excluding hydrogens is 250 g/mol. The van der Waals surface area contributed by atoms with E-state index in [4.69, 9.17) is 15.2 Å². The molecule has 0 aliphatic heterocycles. The molecule has 1 aromatic carbocycles. The third-order valence-corrected chi connectivity index (χ3v) is 3.59. The highest BCUT2D eigenvalue weighted by Crippen LogP contribution is 2.21. The van der Waals surface area contributed by atoms with Gasteiger partial charge in [-0.1, -0.05) is 26.0 Å². The number of methoxy groups -OCH3 is 1. The Bertz CT molecular complexity index is 360. The van der Waals surface area contributed by atoms with Gasteiger partial charge in [0.05, 0.1) is 13.2 Å². The van der Waals surface area contributed by atoms with E-state index in [1.807, 2.05) is 12.1 Å². The van der Waals surface area contributed by atoms with Crippen LogP contribution in [0, 0.1) is 5.41 Å². The first-order valence-electron chi connectivity index (χ1n) is 7.48. The van der Waals surface area contributed by atoms with Crippen LogP contribution in [0.25, 0.3) is 0 Å². The summed E-state index contributed by atoms with van der Waals surface area (Å²) in [5.41, 5.74) is 7.26. The summed E-state index contributed by atoms with van der Waals surface area (Å²) >= 11 is 0. The summed E-state index contributed by atoms with van der Waals surface area (Å²) in [6.07, 6.45) is 4.35. The number of nitrogens with two attached hydrogens (primary N) is 1. The number of hydrogen-bond donors (Lipinski definition) is 1. The zero-order valence-electron chi connectivity index (χ0n) is 13.2. The molecule has 0 saturated heterocycles. The summed E-state index contributed by atoms with van der Waals surface area (Å²) in [6, 6.07) is 8.28. The quantitative estimate of drug-likeness (QED) is 0.668. The Kier molecular flexibility index (Phi) is 7.63. The van der Waals surface area contributed by atoms with E-state index in [2.05, 4.69) is 26.0 Å². The molecule has 0 bridgehead atoms. The average Bonchev–Trinajstić information content (AvgIpc) is 2.46. The topological polar surface area (TPSA) is 44.5 Å². The van der Waals surface area contributed by atoms with Crippen molar-refractivity contribution in [3.8, 4) is 5.75 Å². The molecule has 1 rings (SSSR count). The van der Waals surface area contributed by atoms with Crippen LogP contribution in [0.2, 0.25) is 0 Å². The van der Waals surface area contributed by atoms with E-state index in [0.29, 0.717) is 0 Å². The van der Waals surface area contributed by atoms with Gasteiger partial charge in [0, 0.05) is 7.11 Å². The van der Waals surface area contributed by atoms with Gasteiger partial charge in [0.1, 0.15) is 5.75 Å². The van der Waals surface area contributed by atoms with Crippen LogP contribution in [0.3, 0.4) is 0 Å². The van der Waals surface area contributed by atoms with E-state index in [1.165, 1.54) is 5.56 Å². The SMILES string of the molecule is COCCc1ccc(OCCCCC(C)(C)CN)cc1. The number of unbranched alkanes of at least 4 members (excludes halogenated alkanes) is 1. The third kappa shape index (κ3) is 6.92. The van der Waals surface area contributed by atoms with Crippen molar-refractivity contribution in [1.29, 1.82) is 0 Å². The number of benzene rings is 1. The molecule has 0 heterocycles. The Morgan fingerprint density at radius 2 is 1.75 bits per heavy atom. The lowest BCUT2D eigenvalue weighted by molar-refractivity contribution is 0.202. The van der Waals surface area contributed by atoms with Gasteiger partial charge in [-0.3, -0.25) is 0 Å². The minimum absolute atomic E-state index is 0.253. The molecule has 0 aliphatic rings. The van der Waals surface area contributed by atoms with Crippen molar-refractivity contribution in [2.45, 2.75) is 39.5 Å². The van der Waals surface area contributed by atoms with Crippen LogP contribution in [-0.2, 0) is 11.2 Å². The first kappa shape index (κ1) is 17.0. The maximum Gasteiger partial charge on any atom is 0.119 e. The fourth-order valence-electron chi connectivity index (χ4n) is 1.97. The summed E-state index contributed by atoms with van der Waals surface area (Å²) in [5.74, 6) is 0.948. The molecule has 114 valence electrons. The standard InChI is InChI=1S/C17H29NO2/c1-17(2,14-18)11-4-5-12-20-16-8-6-15(7-9-16)10-13-19-3/h6-9H,4-5,10-14,18H2,1-3H3. The summed E-state index contributed by atoms with van der Waals surface area (Å²) in [5, 5.41) is 0. The van der Waals surface area contributed by atoms with Crippen molar-refractivity contribution in [1.82, 2.24) is 0 Å². The maximum absolute atomic E-state index is 5.75. The molecule has 3 nitrogen and oxygen atoms in total. The summed E-state index contributed by atoms with van der Waals surface area (Å²) in [6.45, 7) is 6.71. The molecule has 20 heavy (non-hydrogen) atoms. The summed E-state index contributed by atoms with van der Waals surface area (Å²) < 4.78 is 10.8. The fraction of sp³-hybridized carbons (Fsp3) is 0.647. The monoisotopic (exact) mass is 279 g/mol. The third-order valence-electron chi connectivity index (χ3n) is 3.59.